The molecule has 2 amide bonds. The number of rotatable bonds is 6. The average molecular weight is 436 g/mol. The number of likely N-dealkylation sites (tertiary alicyclic amines) is 1. The van der Waals surface area contributed by atoms with Crippen molar-refractivity contribution in [3.63, 3.8) is 0 Å². The minimum absolute atomic E-state index is 0.0108. The molecule has 0 spiro atoms. The number of para-hydroxylation sites is 2. The molecule has 3 fully saturated rings. The molecule has 0 unspecified atom stereocenters. The molecule has 2 heterocycles. The Morgan fingerprint density at radius 2 is 1.77 bits per heavy atom. The molecule has 4 rings (SSSR count). The highest BCUT2D eigenvalue weighted by Crippen LogP contribution is 2.32. The Labute approximate surface area is 177 Å². The smallest absolute Gasteiger partial charge is 0.237 e. The van der Waals surface area contributed by atoms with E-state index in [0.717, 1.165) is 12.8 Å². The minimum atomic E-state index is -3.03. The van der Waals surface area contributed by atoms with Crippen LogP contribution < -0.4 is 5.32 Å². The van der Waals surface area contributed by atoms with Crippen molar-refractivity contribution in [1.29, 1.82) is 0 Å². The van der Waals surface area contributed by atoms with Gasteiger partial charge in [-0.1, -0.05) is 12.1 Å². The number of sulfone groups is 1. The first-order valence-electron chi connectivity index (χ1n) is 10.7. The molecule has 0 bridgehead atoms. The van der Waals surface area contributed by atoms with Crippen LogP contribution in [0.5, 0.6) is 5.75 Å². The van der Waals surface area contributed by atoms with E-state index in [1.54, 1.807) is 18.2 Å². The van der Waals surface area contributed by atoms with E-state index >= 15 is 0 Å². The van der Waals surface area contributed by atoms with Crippen molar-refractivity contribution in [2.75, 3.05) is 36.5 Å². The van der Waals surface area contributed by atoms with E-state index in [0.29, 0.717) is 38.0 Å². The van der Waals surface area contributed by atoms with Gasteiger partial charge in [0, 0.05) is 18.0 Å². The first-order valence-corrected chi connectivity index (χ1v) is 12.5. The highest BCUT2D eigenvalue weighted by Gasteiger charge is 2.42. The van der Waals surface area contributed by atoms with E-state index in [2.05, 4.69) is 10.2 Å². The Morgan fingerprint density at radius 1 is 1.07 bits per heavy atom. The molecule has 1 saturated carbocycles. The van der Waals surface area contributed by atoms with Crippen molar-refractivity contribution in [2.45, 2.75) is 44.2 Å². The van der Waals surface area contributed by atoms with Crippen molar-refractivity contribution in [2.24, 2.45) is 5.92 Å². The molecule has 0 aromatic heterocycles. The van der Waals surface area contributed by atoms with Gasteiger partial charge in [0.25, 0.3) is 0 Å². The molecule has 1 atom stereocenters. The highest BCUT2D eigenvalue weighted by molar-refractivity contribution is 7.91. The van der Waals surface area contributed by atoms with Crippen LogP contribution in [-0.2, 0) is 19.4 Å². The van der Waals surface area contributed by atoms with Crippen LogP contribution >= 0.6 is 0 Å². The van der Waals surface area contributed by atoms with Crippen LogP contribution in [0.2, 0.25) is 0 Å². The third kappa shape index (κ3) is 4.95. The topological polar surface area (TPSA) is 107 Å². The molecule has 1 aromatic carbocycles. The summed E-state index contributed by atoms with van der Waals surface area (Å²) in [6.07, 6.45) is 3.74. The zero-order valence-electron chi connectivity index (χ0n) is 17.0. The number of phenols is 1. The number of hydrogen-bond donors (Lipinski definition) is 2. The number of hydrogen-bond acceptors (Lipinski definition) is 6. The SMILES string of the molecule is O=C(Nc1ccccc1O)C1CCN(CC(=O)N(C2CC2)[C@H]2CCS(=O)(=O)C2)CC1. The Bertz CT molecular complexity index is 907. The lowest BCUT2D eigenvalue weighted by Gasteiger charge is -2.34. The van der Waals surface area contributed by atoms with Crippen molar-refractivity contribution in [3.8, 4) is 5.75 Å². The molecule has 8 nitrogen and oxygen atoms in total. The molecule has 1 aromatic rings. The maximum absolute atomic E-state index is 13.0. The van der Waals surface area contributed by atoms with Crippen LogP contribution in [0.25, 0.3) is 0 Å². The van der Waals surface area contributed by atoms with Crippen LogP contribution in [0.4, 0.5) is 5.69 Å². The monoisotopic (exact) mass is 435 g/mol. The van der Waals surface area contributed by atoms with Crippen LogP contribution in [-0.4, -0.2) is 78.4 Å². The summed E-state index contributed by atoms with van der Waals surface area (Å²) in [6, 6.07) is 6.66. The van der Waals surface area contributed by atoms with Crippen molar-refractivity contribution >= 4 is 27.3 Å². The van der Waals surface area contributed by atoms with Gasteiger partial charge in [0.15, 0.2) is 9.84 Å². The Hall–Kier alpha value is -2.13. The lowest BCUT2D eigenvalue weighted by molar-refractivity contribution is -0.135. The molecule has 2 N–H and O–H groups in total. The van der Waals surface area contributed by atoms with E-state index in [-0.39, 0.29) is 53.6 Å². The normalized spacial score (nSPS) is 24.5. The fourth-order valence-electron chi connectivity index (χ4n) is 4.49. The lowest BCUT2D eigenvalue weighted by Crippen LogP contribution is -2.49. The molecule has 164 valence electrons. The number of carbonyl (C=O) groups is 2. The van der Waals surface area contributed by atoms with E-state index < -0.39 is 9.84 Å². The third-order valence-corrected chi connectivity index (χ3v) is 8.06. The molecule has 9 heteroatoms. The van der Waals surface area contributed by atoms with E-state index in [4.69, 9.17) is 0 Å². The zero-order valence-corrected chi connectivity index (χ0v) is 17.8. The van der Waals surface area contributed by atoms with Gasteiger partial charge in [-0.25, -0.2) is 8.42 Å². The van der Waals surface area contributed by atoms with E-state index in [1.807, 2.05) is 4.90 Å². The van der Waals surface area contributed by atoms with Crippen molar-refractivity contribution < 1.29 is 23.1 Å². The summed E-state index contributed by atoms with van der Waals surface area (Å²) >= 11 is 0. The number of amides is 2. The predicted octanol–water partition coefficient (Wildman–Crippen LogP) is 1.22. The second-order valence-corrected chi connectivity index (χ2v) is 10.9. The van der Waals surface area contributed by atoms with Crippen molar-refractivity contribution in [1.82, 2.24) is 9.80 Å². The molecule has 1 aliphatic carbocycles. The van der Waals surface area contributed by atoms with Crippen molar-refractivity contribution in [3.05, 3.63) is 24.3 Å². The summed E-state index contributed by atoms with van der Waals surface area (Å²) in [5, 5.41) is 12.6. The largest absolute Gasteiger partial charge is 0.506 e. The summed E-state index contributed by atoms with van der Waals surface area (Å²) < 4.78 is 23.7. The average Bonchev–Trinajstić information content (AvgIpc) is 3.47. The van der Waals surface area contributed by atoms with E-state index in [9.17, 15) is 23.1 Å². The number of piperidine rings is 1. The number of nitrogens with one attached hydrogen (secondary N) is 1. The fraction of sp³-hybridized carbons (Fsp3) is 0.619. The van der Waals surface area contributed by atoms with Crippen LogP contribution in [0.3, 0.4) is 0 Å². The number of phenolic OH excluding ortho intramolecular Hbond substituents is 1. The molecular weight excluding hydrogens is 406 g/mol. The van der Waals surface area contributed by atoms with Crippen LogP contribution in [0.1, 0.15) is 32.1 Å². The Morgan fingerprint density at radius 3 is 2.37 bits per heavy atom. The predicted molar refractivity (Wildman–Crippen MR) is 113 cm³/mol. The number of anilines is 1. The van der Waals surface area contributed by atoms with Gasteiger partial charge in [0.1, 0.15) is 5.75 Å². The van der Waals surface area contributed by atoms with Gasteiger partial charge < -0.3 is 15.3 Å². The van der Waals surface area contributed by atoms with Gasteiger partial charge in [-0.2, -0.15) is 0 Å². The van der Waals surface area contributed by atoms with Gasteiger partial charge in [-0.05, 0) is 57.3 Å². The quantitative estimate of drug-likeness (QED) is 0.651. The maximum atomic E-state index is 13.0. The van der Waals surface area contributed by atoms with Gasteiger partial charge in [-0.3, -0.25) is 14.5 Å². The van der Waals surface area contributed by atoms with E-state index in [1.165, 1.54) is 6.07 Å². The summed E-state index contributed by atoms with van der Waals surface area (Å²) in [6.45, 7) is 1.57. The highest BCUT2D eigenvalue weighted by atomic mass is 32.2. The first-order chi connectivity index (χ1) is 14.3. The lowest BCUT2D eigenvalue weighted by atomic mass is 9.95. The summed E-state index contributed by atoms with van der Waals surface area (Å²) in [4.78, 5) is 29.4. The summed E-state index contributed by atoms with van der Waals surface area (Å²) in [7, 11) is -3.03. The Balaban J connectivity index is 1.28. The van der Waals surface area contributed by atoms with Crippen LogP contribution in [0.15, 0.2) is 24.3 Å². The molecular formula is C21H29N3O5S. The summed E-state index contributed by atoms with van der Waals surface area (Å²) in [5.41, 5.74) is 0.409. The number of carbonyl (C=O) groups excluding carboxylic acids is 2. The maximum Gasteiger partial charge on any atom is 0.237 e. The number of aromatic hydroxyl groups is 1. The third-order valence-electron chi connectivity index (χ3n) is 6.31. The second-order valence-electron chi connectivity index (χ2n) is 8.65. The minimum Gasteiger partial charge on any atom is -0.506 e. The van der Waals surface area contributed by atoms with Crippen LogP contribution in [0, 0.1) is 5.92 Å². The molecule has 3 aliphatic rings. The Kier molecular flexibility index (Phi) is 6.02. The molecule has 2 saturated heterocycles. The second kappa shape index (κ2) is 8.55. The van der Waals surface area contributed by atoms with Gasteiger partial charge >= 0.3 is 0 Å². The zero-order chi connectivity index (χ0) is 21.3. The first kappa shape index (κ1) is 21.1. The standard InChI is InChI=1S/C21H29N3O5S/c25-19-4-2-1-3-18(19)22-21(27)15-7-10-23(11-8-15)13-20(26)24(16-5-6-16)17-9-12-30(28,29)14-17/h1-4,15-17,25H,5-14H2,(H,22,27)/t17-/m0/s1. The summed E-state index contributed by atoms with van der Waals surface area (Å²) in [5.74, 6) is 0.0449. The fourth-order valence-corrected chi connectivity index (χ4v) is 6.20. The van der Waals surface area contributed by atoms with Gasteiger partial charge in [0.05, 0.1) is 23.7 Å². The van der Waals surface area contributed by atoms with Gasteiger partial charge in [-0.15, -0.1) is 0 Å². The molecule has 0 radical (unpaired) electrons. The van der Waals surface area contributed by atoms with Gasteiger partial charge in [0.2, 0.25) is 11.8 Å². The molecule has 30 heavy (non-hydrogen) atoms. The molecule has 2 aliphatic heterocycles. The number of benzene rings is 1. The number of nitrogens with zero attached hydrogens (tertiary/aromatic N) is 2.